The van der Waals surface area contributed by atoms with E-state index in [0.29, 0.717) is 26.1 Å². The van der Waals surface area contributed by atoms with Gasteiger partial charge in [0.1, 0.15) is 0 Å². The minimum absolute atomic E-state index is 0.00193. The van der Waals surface area contributed by atoms with Crippen molar-refractivity contribution < 1.29 is 9.53 Å². The van der Waals surface area contributed by atoms with Crippen LogP contribution in [0.1, 0.15) is 40.5 Å². The maximum Gasteiger partial charge on any atom is 0.222 e. The van der Waals surface area contributed by atoms with Crippen LogP contribution in [-0.4, -0.2) is 32.3 Å². The van der Waals surface area contributed by atoms with Crippen LogP contribution in [0, 0.1) is 10.8 Å². The fraction of sp³-hybridized carbons (Fsp3) is 0.923. The second-order valence-electron chi connectivity index (χ2n) is 6.31. The number of carbonyl (C=O) groups is 1. The molecule has 0 unspecified atom stereocenters. The first-order chi connectivity index (χ1) is 8.22. The zero-order valence-electron chi connectivity index (χ0n) is 12.2. The Morgan fingerprint density at radius 2 is 1.78 bits per heavy atom. The van der Waals surface area contributed by atoms with E-state index < -0.39 is 0 Å². The fourth-order valence-corrected chi connectivity index (χ4v) is 2.10. The van der Waals surface area contributed by atoms with Crippen molar-refractivity contribution in [2.45, 2.75) is 40.5 Å². The average molecular weight is 259 g/mol. The first kappa shape index (κ1) is 17.4. The van der Waals surface area contributed by atoms with Crippen molar-refractivity contribution in [2.75, 3.05) is 26.4 Å². The van der Waals surface area contributed by atoms with E-state index in [1.165, 1.54) is 0 Å². The van der Waals surface area contributed by atoms with E-state index in [1.807, 2.05) is 0 Å². The summed E-state index contributed by atoms with van der Waals surface area (Å²) in [5, 5.41) is 2.93. The third kappa shape index (κ3) is 8.44. The average Bonchev–Trinajstić information content (AvgIpc) is 2.26. The van der Waals surface area contributed by atoms with Crippen molar-refractivity contribution in [3.63, 3.8) is 0 Å². The highest BCUT2D eigenvalue weighted by atomic mass is 16.5. The van der Waals surface area contributed by atoms with Crippen molar-refractivity contribution in [1.29, 1.82) is 0 Å². The van der Waals surface area contributed by atoms with E-state index in [-0.39, 0.29) is 23.5 Å². The van der Waals surface area contributed by atoms with Crippen molar-refractivity contribution in [2.24, 2.45) is 22.3 Å². The molecular weight excluding hydrogens is 230 g/mol. The molecule has 0 spiro atoms. The maximum absolute atomic E-state index is 11.5. The van der Waals surface area contributed by atoms with Crippen LogP contribution in [0.15, 0.2) is 0 Å². The quantitative estimate of drug-likeness (QED) is 0.422. The second-order valence-corrected chi connectivity index (χ2v) is 6.31. The topological polar surface area (TPSA) is 90.4 Å². The normalized spacial score (nSPS) is 12.6. The smallest absolute Gasteiger partial charge is 0.222 e. The van der Waals surface area contributed by atoms with Crippen molar-refractivity contribution in [3.8, 4) is 0 Å². The molecule has 0 atom stereocenters. The Labute approximate surface area is 111 Å². The Kier molecular flexibility index (Phi) is 7.43. The van der Waals surface area contributed by atoms with Crippen molar-refractivity contribution in [3.05, 3.63) is 0 Å². The molecule has 18 heavy (non-hydrogen) atoms. The summed E-state index contributed by atoms with van der Waals surface area (Å²) in [4.78, 5) is 11.5. The SMILES string of the molecule is CC(C)(CN)CC(C)(C)CNC(=O)CCOCN. The number of carbonyl (C=O) groups excluding carboxylic acids is 1. The van der Waals surface area contributed by atoms with Gasteiger partial charge in [0.2, 0.25) is 5.91 Å². The van der Waals surface area contributed by atoms with Crippen LogP contribution in [0.25, 0.3) is 0 Å². The molecule has 5 N–H and O–H groups in total. The lowest BCUT2D eigenvalue weighted by Gasteiger charge is -2.34. The van der Waals surface area contributed by atoms with Crippen LogP contribution < -0.4 is 16.8 Å². The number of hydrogen-bond donors (Lipinski definition) is 3. The Morgan fingerprint density at radius 3 is 2.28 bits per heavy atom. The summed E-state index contributed by atoms with van der Waals surface area (Å²) in [6.07, 6.45) is 1.32. The highest BCUT2D eigenvalue weighted by molar-refractivity contribution is 5.75. The molecule has 0 saturated heterocycles. The molecule has 0 radical (unpaired) electrons. The number of nitrogens with two attached hydrogens (primary N) is 2. The predicted molar refractivity (Wildman–Crippen MR) is 73.9 cm³/mol. The molecule has 108 valence electrons. The molecule has 0 rings (SSSR count). The van der Waals surface area contributed by atoms with E-state index in [1.54, 1.807) is 0 Å². The largest absolute Gasteiger partial charge is 0.366 e. The molecule has 0 aromatic rings. The summed E-state index contributed by atoms with van der Waals surface area (Å²) in [5.41, 5.74) is 11.0. The van der Waals surface area contributed by atoms with Gasteiger partial charge in [-0.05, 0) is 23.8 Å². The van der Waals surface area contributed by atoms with Crippen LogP contribution in [0.2, 0.25) is 0 Å². The Morgan fingerprint density at radius 1 is 1.17 bits per heavy atom. The first-order valence-electron chi connectivity index (χ1n) is 6.47. The van der Waals surface area contributed by atoms with Gasteiger partial charge in [-0.3, -0.25) is 4.79 Å². The standard InChI is InChI=1S/C13H29N3O2/c1-12(2,8-14)7-13(3,4)9-16-11(17)5-6-18-10-15/h5-10,14-15H2,1-4H3,(H,16,17). The van der Waals surface area contributed by atoms with E-state index in [2.05, 4.69) is 33.0 Å². The Bertz CT molecular complexity index is 253. The third-order valence-corrected chi connectivity index (χ3v) is 2.87. The highest BCUT2D eigenvalue weighted by Gasteiger charge is 2.28. The number of nitrogens with one attached hydrogen (secondary N) is 1. The zero-order chi connectivity index (χ0) is 14.2. The molecule has 0 aromatic heterocycles. The number of hydrogen-bond acceptors (Lipinski definition) is 4. The lowest BCUT2D eigenvalue weighted by atomic mass is 9.75. The van der Waals surface area contributed by atoms with Gasteiger partial charge in [0, 0.05) is 6.54 Å². The summed E-state index contributed by atoms with van der Waals surface area (Å²) in [5.74, 6) is 0.00193. The van der Waals surface area contributed by atoms with Gasteiger partial charge in [0.05, 0.1) is 19.8 Å². The Hall–Kier alpha value is -0.650. The molecule has 0 aromatic carbocycles. The predicted octanol–water partition coefficient (Wildman–Crippen LogP) is 0.827. The lowest BCUT2D eigenvalue weighted by Crippen LogP contribution is -2.38. The van der Waals surface area contributed by atoms with Gasteiger partial charge in [-0.1, -0.05) is 27.7 Å². The van der Waals surface area contributed by atoms with Crippen LogP contribution in [0.4, 0.5) is 0 Å². The van der Waals surface area contributed by atoms with Gasteiger partial charge < -0.3 is 21.5 Å². The van der Waals surface area contributed by atoms with Crippen molar-refractivity contribution >= 4 is 5.91 Å². The van der Waals surface area contributed by atoms with Gasteiger partial charge in [-0.2, -0.15) is 0 Å². The summed E-state index contributed by atoms with van der Waals surface area (Å²) in [6.45, 7) is 10.4. The van der Waals surface area contributed by atoms with Gasteiger partial charge in [0.25, 0.3) is 0 Å². The first-order valence-corrected chi connectivity index (χ1v) is 6.47. The summed E-state index contributed by atoms with van der Waals surface area (Å²) >= 11 is 0. The number of ether oxygens (including phenoxy) is 1. The maximum atomic E-state index is 11.5. The van der Waals surface area contributed by atoms with Crippen LogP contribution in [0.5, 0.6) is 0 Å². The molecule has 0 aliphatic carbocycles. The van der Waals surface area contributed by atoms with Gasteiger partial charge in [-0.15, -0.1) is 0 Å². The van der Waals surface area contributed by atoms with Crippen LogP contribution >= 0.6 is 0 Å². The monoisotopic (exact) mass is 259 g/mol. The van der Waals surface area contributed by atoms with E-state index in [4.69, 9.17) is 16.2 Å². The van der Waals surface area contributed by atoms with Gasteiger partial charge in [0.15, 0.2) is 0 Å². The molecule has 0 aliphatic rings. The summed E-state index contributed by atoms with van der Waals surface area (Å²) in [7, 11) is 0. The summed E-state index contributed by atoms with van der Waals surface area (Å²) in [6, 6.07) is 0. The lowest BCUT2D eigenvalue weighted by molar-refractivity contribution is -0.122. The molecule has 1 amide bonds. The number of rotatable bonds is 9. The molecule has 0 aliphatic heterocycles. The van der Waals surface area contributed by atoms with Gasteiger partial charge in [-0.25, -0.2) is 0 Å². The van der Waals surface area contributed by atoms with Gasteiger partial charge >= 0.3 is 0 Å². The summed E-state index contributed by atoms with van der Waals surface area (Å²) < 4.78 is 4.93. The molecule has 0 bridgehead atoms. The third-order valence-electron chi connectivity index (χ3n) is 2.87. The number of amides is 1. The minimum atomic E-state index is 0.00193. The fourth-order valence-electron chi connectivity index (χ4n) is 2.10. The molecule has 0 saturated carbocycles. The Balaban J connectivity index is 3.99. The molecule has 5 heteroatoms. The highest BCUT2D eigenvalue weighted by Crippen LogP contribution is 2.32. The molecular formula is C13H29N3O2. The second kappa shape index (κ2) is 7.71. The molecule has 5 nitrogen and oxygen atoms in total. The minimum Gasteiger partial charge on any atom is -0.366 e. The molecule has 0 fully saturated rings. The van der Waals surface area contributed by atoms with E-state index in [9.17, 15) is 4.79 Å². The zero-order valence-corrected chi connectivity index (χ0v) is 12.2. The van der Waals surface area contributed by atoms with Crippen LogP contribution in [0.3, 0.4) is 0 Å². The van der Waals surface area contributed by atoms with Crippen molar-refractivity contribution in [1.82, 2.24) is 5.32 Å². The molecule has 0 heterocycles. The van der Waals surface area contributed by atoms with Crippen LogP contribution in [-0.2, 0) is 9.53 Å². The van der Waals surface area contributed by atoms with E-state index >= 15 is 0 Å². The van der Waals surface area contributed by atoms with E-state index in [0.717, 1.165) is 6.42 Å².